The van der Waals surface area contributed by atoms with Crippen LogP contribution in [-0.2, 0) is 0 Å². The lowest BCUT2D eigenvalue weighted by molar-refractivity contribution is 0.841. The Morgan fingerprint density at radius 1 is 0.404 bits per heavy atom. The van der Waals surface area contributed by atoms with E-state index in [0.29, 0.717) is 5.92 Å². The molecule has 1 atom stereocenters. The highest BCUT2D eigenvalue weighted by Gasteiger charge is 2.25. The number of fused-ring (bicyclic) bond motifs is 9. The smallest absolute Gasteiger partial charge is 0.0544 e. The molecule has 0 N–H and O–H groups in total. The van der Waals surface area contributed by atoms with E-state index in [0.717, 1.165) is 6.42 Å². The van der Waals surface area contributed by atoms with Crippen molar-refractivity contribution in [3.8, 4) is 33.6 Å². The molecule has 0 spiro atoms. The minimum absolute atomic E-state index is 0.339. The van der Waals surface area contributed by atoms with Gasteiger partial charge in [0.2, 0.25) is 0 Å². The van der Waals surface area contributed by atoms with E-state index in [1.165, 1.54) is 103 Å². The average Bonchev–Trinajstić information content (AvgIpc) is 3.94. The second-order valence-electron chi connectivity index (χ2n) is 15.2. The van der Waals surface area contributed by atoms with Crippen LogP contribution in [0.15, 0.2) is 194 Å². The summed E-state index contributed by atoms with van der Waals surface area (Å²) in [7, 11) is 0. The molecule has 11 aromatic rings. The van der Waals surface area contributed by atoms with Crippen molar-refractivity contribution in [1.29, 1.82) is 0 Å². The monoisotopic (exact) mass is 744 g/mol. The average molecular weight is 745 g/mol. The topological polar surface area (TPSA) is 9.86 Å². The normalized spacial score (nSPS) is 14.0. The maximum absolute atomic E-state index is 2.46. The molecule has 0 radical (unpaired) electrons. The zero-order valence-corrected chi connectivity index (χ0v) is 32.0. The Kier molecular flexibility index (Phi) is 7.26. The van der Waals surface area contributed by atoms with Crippen LogP contribution >= 0.6 is 11.3 Å². The lowest BCUT2D eigenvalue weighted by Gasteiger charge is -2.20. The zero-order chi connectivity index (χ0) is 37.5. The summed E-state index contributed by atoms with van der Waals surface area (Å²) in [5, 5.41) is 6.45. The quantitative estimate of drug-likeness (QED) is 0.166. The van der Waals surface area contributed by atoms with Gasteiger partial charge in [-0.3, -0.25) is 0 Å². The number of hydrogen-bond donors (Lipinski definition) is 0. The maximum Gasteiger partial charge on any atom is 0.0544 e. The van der Waals surface area contributed by atoms with Crippen molar-refractivity contribution in [2.24, 2.45) is 0 Å². The SMILES string of the molecule is C1=Cc2c(sc3ccccc23)C(c2ccc3c4cc(-c5ccc(-c6ccc7c(c6)c6ccccc6n7-c6ccccc6)cc5)ccc4n(-c4ccccc4)c3c2)C1. The van der Waals surface area contributed by atoms with Crippen LogP contribution in [-0.4, -0.2) is 9.13 Å². The number of thiophene rings is 1. The van der Waals surface area contributed by atoms with Gasteiger partial charge in [-0.2, -0.15) is 0 Å². The van der Waals surface area contributed by atoms with Crippen LogP contribution in [0.4, 0.5) is 0 Å². The van der Waals surface area contributed by atoms with Gasteiger partial charge in [-0.25, -0.2) is 0 Å². The van der Waals surface area contributed by atoms with Gasteiger partial charge in [-0.15, -0.1) is 11.3 Å². The summed E-state index contributed by atoms with van der Waals surface area (Å²) in [4.78, 5) is 1.48. The zero-order valence-electron chi connectivity index (χ0n) is 31.1. The molecular weight excluding hydrogens is 709 g/mol. The van der Waals surface area contributed by atoms with Gasteiger partial charge in [-0.1, -0.05) is 133 Å². The molecule has 0 saturated heterocycles. The van der Waals surface area contributed by atoms with E-state index in [1.807, 2.05) is 11.3 Å². The van der Waals surface area contributed by atoms with Crippen molar-refractivity contribution in [2.45, 2.75) is 12.3 Å². The molecule has 268 valence electrons. The first-order valence-corrected chi connectivity index (χ1v) is 20.6. The molecule has 1 aliphatic rings. The Labute approximate surface area is 334 Å². The molecule has 0 bridgehead atoms. The van der Waals surface area contributed by atoms with E-state index < -0.39 is 0 Å². The van der Waals surface area contributed by atoms with Gasteiger partial charge in [0.25, 0.3) is 0 Å². The highest BCUT2D eigenvalue weighted by atomic mass is 32.1. The van der Waals surface area contributed by atoms with Crippen LogP contribution in [0.5, 0.6) is 0 Å². The number of aromatic nitrogens is 2. The fourth-order valence-corrected chi connectivity index (χ4v) is 10.7. The van der Waals surface area contributed by atoms with Crippen molar-refractivity contribution >= 4 is 71.1 Å². The van der Waals surface area contributed by atoms with Gasteiger partial charge in [0.15, 0.2) is 0 Å². The number of hydrogen-bond acceptors (Lipinski definition) is 1. The minimum atomic E-state index is 0.339. The highest BCUT2D eigenvalue weighted by molar-refractivity contribution is 7.19. The first-order chi connectivity index (χ1) is 28.3. The fourth-order valence-electron chi connectivity index (χ4n) is 9.38. The van der Waals surface area contributed by atoms with Crippen LogP contribution in [0.2, 0.25) is 0 Å². The number of rotatable bonds is 5. The van der Waals surface area contributed by atoms with E-state index >= 15 is 0 Å². The van der Waals surface area contributed by atoms with Crippen molar-refractivity contribution in [3.63, 3.8) is 0 Å². The second kappa shape index (κ2) is 12.8. The van der Waals surface area contributed by atoms with E-state index in [9.17, 15) is 0 Å². The Morgan fingerprint density at radius 2 is 0.930 bits per heavy atom. The first-order valence-electron chi connectivity index (χ1n) is 19.8. The van der Waals surface area contributed by atoms with Crippen molar-refractivity contribution < 1.29 is 0 Å². The molecule has 57 heavy (non-hydrogen) atoms. The molecule has 2 nitrogen and oxygen atoms in total. The Hall–Kier alpha value is -6.94. The van der Waals surface area contributed by atoms with Gasteiger partial charge in [-0.05, 0) is 112 Å². The predicted molar refractivity (Wildman–Crippen MR) is 243 cm³/mol. The van der Waals surface area contributed by atoms with Crippen LogP contribution in [0, 0.1) is 0 Å². The lowest BCUT2D eigenvalue weighted by Crippen LogP contribution is -2.03. The largest absolute Gasteiger partial charge is 0.309 e. The van der Waals surface area contributed by atoms with Crippen molar-refractivity contribution in [3.05, 3.63) is 210 Å². The fraction of sp³-hybridized carbons (Fsp3) is 0.0370. The molecular formula is C54H36N2S. The summed E-state index contributed by atoms with van der Waals surface area (Å²) in [5.74, 6) is 0.339. The third-order valence-electron chi connectivity index (χ3n) is 12.1. The molecule has 1 aliphatic carbocycles. The number of nitrogens with zero attached hydrogens (tertiary/aromatic N) is 2. The van der Waals surface area contributed by atoms with Crippen LogP contribution in [0.25, 0.3) is 93.4 Å². The number of allylic oxidation sites excluding steroid dienone is 1. The second-order valence-corrected chi connectivity index (χ2v) is 16.3. The van der Waals surface area contributed by atoms with E-state index in [-0.39, 0.29) is 0 Å². The van der Waals surface area contributed by atoms with Gasteiger partial charge in [0, 0.05) is 48.4 Å². The molecule has 0 amide bonds. The van der Waals surface area contributed by atoms with Crippen LogP contribution in [0.1, 0.15) is 28.3 Å². The molecule has 3 heterocycles. The maximum atomic E-state index is 2.46. The van der Waals surface area contributed by atoms with Gasteiger partial charge in [0.1, 0.15) is 0 Å². The number of benzene rings is 8. The highest BCUT2D eigenvalue weighted by Crippen LogP contribution is 2.46. The van der Waals surface area contributed by atoms with Gasteiger partial charge in [0.05, 0.1) is 22.1 Å². The molecule has 12 rings (SSSR count). The van der Waals surface area contributed by atoms with Gasteiger partial charge >= 0.3 is 0 Å². The Balaban J connectivity index is 0.942. The standard InChI is InChI=1S/C54H36N2S/c1-3-12-40(13-4-1)55-49-20-9-7-16-43(49)47-32-37(27-30-50(47)55)35-22-24-36(25-23-35)38-28-31-51-48(33-38)44-29-26-39(34-52(44)56(51)41-14-5-2-6-15-41)42-18-11-19-46-45-17-8-10-21-53(45)57-54(42)46/h1-17,19-34,42H,18H2. The molecule has 1 unspecified atom stereocenters. The molecule has 8 aromatic carbocycles. The summed E-state index contributed by atoms with van der Waals surface area (Å²) >= 11 is 1.95. The summed E-state index contributed by atoms with van der Waals surface area (Å²) in [5.41, 5.74) is 14.9. The first kappa shape index (κ1) is 32.3. The molecule has 3 aromatic heterocycles. The van der Waals surface area contributed by atoms with E-state index in [4.69, 9.17) is 0 Å². The Bertz CT molecular complexity index is 3360. The number of para-hydroxylation sites is 3. The minimum Gasteiger partial charge on any atom is -0.309 e. The van der Waals surface area contributed by atoms with Crippen LogP contribution in [0.3, 0.4) is 0 Å². The van der Waals surface area contributed by atoms with E-state index in [2.05, 4.69) is 209 Å². The van der Waals surface area contributed by atoms with Crippen molar-refractivity contribution in [1.82, 2.24) is 9.13 Å². The summed E-state index contributed by atoms with van der Waals surface area (Å²) in [6.45, 7) is 0. The van der Waals surface area contributed by atoms with Gasteiger partial charge < -0.3 is 9.13 Å². The Morgan fingerprint density at radius 3 is 1.60 bits per heavy atom. The lowest BCUT2D eigenvalue weighted by atomic mass is 9.87. The molecule has 3 heteroatoms. The van der Waals surface area contributed by atoms with Crippen LogP contribution < -0.4 is 0 Å². The molecule has 0 saturated carbocycles. The molecule has 0 fully saturated rings. The summed E-state index contributed by atoms with van der Waals surface area (Å²) in [6.07, 6.45) is 5.72. The predicted octanol–water partition coefficient (Wildman–Crippen LogP) is 15.0. The third kappa shape index (κ3) is 5.09. The molecule has 0 aliphatic heterocycles. The summed E-state index contributed by atoms with van der Waals surface area (Å²) in [6, 6.07) is 69.3. The summed E-state index contributed by atoms with van der Waals surface area (Å²) < 4.78 is 6.20. The van der Waals surface area contributed by atoms with Crippen molar-refractivity contribution in [2.75, 3.05) is 0 Å². The third-order valence-corrected chi connectivity index (χ3v) is 13.4. The van der Waals surface area contributed by atoms with E-state index in [1.54, 1.807) is 0 Å².